The molecule has 0 aliphatic carbocycles. The molecule has 1 saturated heterocycles. The third-order valence-corrected chi connectivity index (χ3v) is 7.05. The van der Waals surface area contributed by atoms with Crippen LogP contribution in [0.2, 0.25) is 0 Å². The zero-order chi connectivity index (χ0) is 29.7. The molecule has 0 spiro atoms. The summed E-state index contributed by atoms with van der Waals surface area (Å²) in [5.74, 6) is 0.0568. The summed E-state index contributed by atoms with van der Waals surface area (Å²) in [6, 6.07) is 5.51. The van der Waals surface area contributed by atoms with Gasteiger partial charge in [0.25, 0.3) is 5.91 Å². The molecule has 7 nitrogen and oxygen atoms in total. The maximum atomic E-state index is 13.0. The van der Waals surface area contributed by atoms with Crippen molar-refractivity contribution in [3.63, 3.8) is 0 Å². The number of aliphatic hydroxyl groups excluding tert-OH is 1. The van der Waals surface area contributed by atoms with Gasteiger partial charge in [-0.15, -0.1) is 0 Å². The summed E-state index contributed by atoms with van der Waals surface area (Å²) in [4.78, 5) is 19.3. The van der Waals surface area contributed by atoms with Crippen molar-refractivity contribution in [1.82, 2.24) is 15.2 Å². The Bertz CT molecular complexity index is 1240. The van der Waals surface area contributed by atoms with Crippen LogP contribution >= 0.6 is 0 Å². The minimum atomic E-state index is -0.800. The van der Waals surface area contributed by atoms with Gasteiger partial charge >= 0.3 is 0 Å². The molecule has 2 heterocycles. The molecular weight excluding hydrogens is 500 g/mol. The van der Waals surface area contributed by atoms with Gasteiger partial charge in [-0.1, -0.05) is 30.4 Å². The third kappa shape index (κ3) is 9.48. The van der Waals surface area contributed by atoms with Crippen molar-refractivity contribution in [1.29, 1.82) is 5.26 Å². The Morgan fingerprint density at radius 1 is 1.30 bits per heavy atom. The zero-order valence-corrected chi connectivity index (χ0v) is 24.8. The summed E-state index contributed by atoms with van der Waals surface area (Å²) in [6.45, 7) is 16.0. The van der Waals surface area contributed by atoms with E-state index in [1.807, 2.05) is 50.9 Å². The monoisotopic (exact) mass is 544 g/mol. The van der Waals surface area contributed by atoms with E-state index in [4.69, 9.17) is 4.74 Å². The number of nitriles is 1. The topological polar surface area (TPSA) is 98.5 Å². The molecule has 7 heteroatoms. The summed E-state index contributed by atoms with van der Waals surface area (Å²) in [5.41, 5.74) is 5.12. The molecular formula is C33H44N4O3. The fourth-order valence-electron chi connectivity index (χ4n) is 4.29. The first-order valence-corrected chi connectivity index (χ1v) is 13.7. The highest BCUT2D eigenvalue weighted by atomic mass is 16.5. The molecule has 1 fully saturated rings. The number of aliphatic hydroxyl groups is 1. The van der Waals surface area contributed by atoms with Gasteiger partial charge in [0.15, 0.2) is 0 Å². The molecule has 1 aliphatic rings. The Morgan fingerprint density at radius 3 is 2.62 bits per heavy atom. The van der Waals surface area contributed by atoms with Gasteiger partial charge in [-0.2, -0.15) is 5.26 Å². The number of amides is 1. The predicted molar refractivity (Wildman–Crippen MR) is 161 cm³/mol. The van der Waals surface area contributed by atoms with E-state index in [2.05, 4.69) is 35.1 Å². The van der Waals surface area contributed by atoms with Crippen molar-refractivity contribution in [3.8, 4) is 6.07 Å². The van der Waals surface area contributed by atoms with Crippen molar-refractivity contribution in [2.75, 3.05) is 33.4 Å². The summed E-state index contributed by atoms with van der Waals surface area (Å²) in [5, 5.41) is 21.8. The average molecular weight is 545 g/mol. The number of carbonyl (C=O) groups is 1. The van der Waals surface area contributed by atoms with Crippen LogP contribution in [0.5, 0.6) is 0 Å². The van der Waals surface area contributed by atoms with Gasteiger partial charge in [0, 0.05) is 50.5 Å². The first-order valence-electron chi connectivity index (χ1n) is 13.7. The van der Waals surface area contributed by atoms with E-state index in [0.29, 0.717) is 23.7 Å². The summed E-state index contributed by atoms with van der Waals surface area (Å²) in [7, 11) is 1.95. The van der Waals surface area contributed by atoms with E-state index in [9.17, 15) is 15.2 Å². The van der Waals surface area contributed by atoms with Crippen molar-refractivity contribution in [2.45, 2.75) is 52.9 Å². The van der Waals surface area contributed by atoms with Crippen molar-refractivity contribution in [2.24, 2.45) is 5.92 Å². The van der Waals surface area contributed by atoms with Crippen LogP contribution < -0.4 is 5.32 Å². The molecule has 214 valence electrons. The van der Waals surface area contributed by atoms with Crippen molar-refractivity contribution < 1.29 is 14.6 Å². The fraction of sp³-hybridized carbons (Fsp3) is 0.424. The van der Waals surface area contributed by atoms with Crippen LogP contribution in [0.3, 0.4) is 0 Å². The maximum absolute atomic E-state index is 13.0. The lowest BCUT2D eigenvalue weighted by molar-refractivity contribution is 0.0767. The second-order valence-corrected chi connectivity index (χ2v) is 10.6. The number of allylic oxidation sites excluding steroid dienone is 10. The first-order chi connectivity index (χ1) is 19.0. The Morgan fingerprint density at radius 2 is 2.00 bits per heavy atom. The molecule has 0 unspecified atom stereocenters. The van der Waals surface area contributed by atoms with Crippen molar-refractivity contribution >= 4 is 5.91 Å². The maximum Gasteiger partial charge on any atom is 0.255 e. The number of nitrogens with one attached hydrogen (secondary N) is 1. The number of hydrogen-bond donors (Lipinski definition) is 2. The summed E-state index contributed by atoms with van der Waals surface area (Å²) in [6.07, 6.45) is 15.2. The van der Waals surface area contributed by atoms with E-state index in [0.717, 1.165) is 54.0 Å². The van der Waals surface area contributed by atoms with E-state index in [-0.39, 0.29) is 12.5 Å². The molecule has 1 aliphatic heterocycles. The number of likely N-dealkylation sites (N-methyl/N-ethyl adjacent to an activating group) is 1. The Hall–Kier alpha value is -3.73. The second kappa shape index (κ2) is 15.8. The van der Waals surface area contributed by atoms with Crippen LogP contribution in [0, 0.1) is 17.2 Å². The largest absolute Gasteiger partial charge is 0.395 e. The van der Waals surface area contributed by atoms with Gasteiger partial charge < -0.3 is 20.1 Å². The second-order valence-electron chi connectivity index (χ2n) is 10.6. The lowest BCUT2D eigenvalue weighted by atomic mass is 9.89. The molecule has 1 aromatic rings. The van der Waals surface area contributed by atoms with Gasteiger partial charge in [0.2, 0.25) is 0 Å². The van der Waals surface area contributed by atoms with Crippen LogP contribution in [0.15, 0.2) is 89.5 Å². The average Bonchev–Trinajstić information content (AvgIpc) is 2.95. The molecule has 0 bridgehead atoms. The zero-order valence-electron chi connectivity index (χ0n) is 24.8. The van der Waals surface area contributed by atoms with E-state index in [1.54, 1.807) is 38.4 Å². The van der Waals surface area contributed by atoms with Gasteiger partial charge in [0.05, 0.1) is 23.8 Å². The number of carbonyl (C=O) groups excluding carboxylic acids is 1. The van der Waals surface area contributed by atoms with Crippen LogP contribution in [0.4, 0.5) is 0 Å². The lowest BCUT2D eigenvalue weighted by Gasteiger charge is -2.24. The first kappa shape index (κ1) is 32.5. The normalized spacial score (nSPS) is 16.1. The minimum absolute atomic E-state index is 0.0595. The van der Waals surface area contributed by atoms with Crippen LogP contribution in [-0.4, -0.2) is 54.3 Å². The Balaban J connectivity index is 2.46. The standard InChI is InChI=1S/C33H44N4O3/c1-8-9-24(2)30(11-15-36-32(39)28-10-14-35-31(22-28)33(5,6)23-34)29(21-26(4)37(7)16-17-38)20-25(3)27-12-18-40-19-13-27/h8-11,14-15,20-22,27,38H,3,12-13,16-19H2,1-2,4-7H3,(H,36,39)/b9-8-,15-11+,26-21+,29-20+,30-24+. The molecule has 2 rings (SSSR count). The third-order valence-electron chi connectivity index (χ3n) is 7.05. The molecule has 40 heavy (non-hydrogen) atoms. The smallest absolute Gasteiger partial charge is 0.255 e. The van der Waals surface area contributed by atoms with Crippen LogP contribution in [0.1, 0.15) is 63.5 Å². The Kier molecular flexibility index (Phi) is 12.8. The highest BCUT2D eigenvalue weighted by molar-refractivity contribution is 5.94. The number of hydrogen-bond acceptors (Lipinski definition) is 6. The number of pyridine rings is 1. The molecule has 1 amide bonds. The molecule has 2 N–H and O–H groups in total. The number of aromatic nitrogens is 1. The molecule has 0 radical (unpaired) electrons. The van der Waals surface area contributed by atoms with Crippen molar-refractivity contribution in [3.05, 3.63) is 101 Å². The highest BCUT2D eigenvalue weighted by Gasteiger charge is 2.22. The molecule has 0 aromatic carbocycles. The summed E-state index contributed by atoms with van der Waals surface area (Å²) < 4.78 is 5.55. The quantitative estimate of drug-likeness (QED) is 0.325. The fourth-order valence-corrected chi connectivity index (χ4v) is 4.29. The Labute approximate surface area is 239 Å². The van der Waals surface area contributed by atoms with Crippen LogP contribution in [-0.2, 0) is 10.2 Å². The molecule has 0 saturated carbocycles. The lowest BCUT2D eigenvalue weighted by Crippen LogP contribution is -2.21. The predicted octanol–water partition coefficient (Wildman–Crippen LogP) is 5.76. The minimum Gasteiger partial charge on any atom is -0.395 e. The van der Waals surface area contributed by atoms with Gasteiger partial charge in [-0.3, -0.25) is 9.78 Å². The SMILES string of the molecule is C=C(/C=C(\C=C(/C)N(C)CCO)C(/C=C/NC(=O)c1ccnc(C(C)(C)C#N)c1)=C(C)/C=C\C)C1CCOCC1. The van der Waals surface area contributed by atoms with E-state index in [1.165, 1.54) is 0 Å². The molecule has 1 aromatic heterocycles. The van der Waals surface area contributed by atoms with Gasteiger partial charge in [-0.25, -0.2) is 0 Å². The highest BCUT2D eigenvalue weighted by Crippen LogP contribution is 2.28. The van der Waals surface area contributed by atoms with E-state index < -0.39 is 5.41 Å². The number of nitrogens with zero attached hydrogens (tertiary/aromatic N) is 3. The van der Waals surface area contributed by atoms with Gasteiger partial charge in [-0.05, 0) is 94.4 Å². The van der Waals surface area contributed by atoms with Gasteiger partial charge in [0.1, 0.15) is 0 Å². The molecule has 0 atom stereocenters. The number of rotatable bonds is 12. The summed E-state index contributed by atoms with van der Waals surface area (Å²) >= 11 is 0. The number of ether oxygens (including phenoxy) is 1. The van der Waals surface area contributed by atoms with E-state index >= 15 is 0 Å². The van der Waals surface area contributed by atoms with Crippen LogP contribution in [0.25, 0.3) is 0 Å².